The average Bonchev–Trinajstić information content (AvgIpc) is 2.45. The molecule has 0 radical (unpaired) electrons. The van der Waals surface area contributed by atoms with Gasteiger partial charge in [0.25, 0.3) is 0 Å². The molecule has 0 aliphatic carbocycles. The SMILES string of the molecule is Cc1ccc(C[C@@H](C)NC(=O)NCC(=O)NCC(F)(F)F)c(C)c1. The van der Waals surface area contributed by atoms with Crippen molar-refractivity contribution in [2.24, 2.45) is 0 Å². The lowest BCUT2D eigenvalue weighted by Gasteiger charge is -2.16. The zero-order valence-electron chi connectivity index (χ0n) is 13.9. The number of halogens is 3. The number of rotatable bonds is 6. The Morgan fingerprint density at radius 2 is 1.83 bits per heavy atom. The molecule has 8 heteroatoms. The number of hydrogen-bond donors (Lipinski definition) is 3. The minimum Gasteiger partial charge on any atom is -0.345 e. The lowest BCUT2D eigenvalue weighted by molar-refractivity contribution is -0.137. The summed E-state index contributed by atoms with van der Waals surface area (Å²) < 4.78 is 35.8. The fourth-order valence-corrected chi connectivity index (χ4v) is 2.15. The third-order valence-electron chi connectivity index (χ3n) is 3.30. The van der Waals surface area contributed by atoms with E-state index in [1.54, 1.807) is 5.32 Å². The van der Waals surface area contributed by atoms with Gasteiger partial charge in [-0.2, -0.15) is 13.2 Å². The van der Waals surface area contributed by atoms with Crippen molar-refractivity contribution < 1.29 is 22.8 Å². The molecule has 134 valence electrons. The Bertz CT molecular complexity index is 588. The molecule has 0 saturated carbocycles. The van der Waals surface area contributed by atoms with Gasteiger partial charge in [-0.15, -0.1) is 0 Å². The number of carbonyl (C=O) groups is 2. The van der Waals surface area contributed by atoms with Gasteiger partial charge in [-0.05, 0) is 38.3 Å². The second-order valence-electron chi connectivity index (χ2n) is 5.75. The van der Waals surface area contributed by atoms with Gasteiger partial charge in [0.15, 0.2) is 0 Å². The van der Waals surface area contributed by atoms with Crippen LogP contribution in [0.3, 0.4) is 0 Å². The van der Waals surface area contributed by atoms with Gasteiger partial charge >= 0.3 is 12.2 Å². The molecule has 0 bridgehead atoms. The molecule has 1 rings (SSSR count). The molecule has 1 aromatic carbocycles. The van der Waals surface area contributed by atoms with Crippen LogP contribution < -0.4 is 16.0 Å². The van der Waals surface area contributed by atoms with Crippen LogP contribution in [0.1, 0.15) is 23.6 Å². The summed E-state index contributed by atoms with van der Waals surface area (Å²) in [4.78, 5) is 22.9. The first-order valence-electron chi connectivity index (χ1n) is 7.51. The molecule has 0 unspecified atom stereocenters. The summed E-state index contributed by atoms with van der Waals surface area (Å²) in [6, 6.07) is 5.23. The molecule has 5 nitrogen and oxygen atoms in total. The van der Waals surface area contributed by atoms with Crippen LogP contribution in [-0.2, 0) is 11.2 Å². The Labute approximate surface area is 139 Å². The normalized spacial score (nSPS) is 12.4. The van der Waals surface area contributed by atoms with Gasteiger partial charge < -0.3 is 16.0 Å². The number of urea groups is 1. The first kappa shape index (κ1) is 19.8. The second kappa shape index (κ2) is 8.56. The highest BCUT2D eigenvalue weighted by Gasteiger charge is 2.27. The van der Waals surface area contributed by atoms with Crippen molar-refractivity contribution in [2.45, 2.75) is 39.4 Å². The van der Waals surface area contributed by atoms with Crippen LogP contribution in [-0.4, -0.2) is 37.2 Å². The van der Waals surface area contributed by atoms with Crippen molar-refractivity contribution in [1.29, 1.82) is 0 Å². The monoisotopic (exact) mass is 345 g/mol. The van der Waals surface area contributed by atoms with Crippen molar-refractivity contribution in [3.63, 3.8) is 0 Å². The van der Waals surface area contributed by atoms with Gasteiger partial charge in [0.05, 0.1) is 6.54 Å². The molecule has 0 saturated heterocycles. The lowest BCUT2D eigenvalue weighted by atomic mass is 10.00. The van der Waals surface area contributed by atoms with E-state index < -0.39 is 31.2 Å². The smallest absolute Gasteiger partial charge is 0.345 e. The van der Waals surface area contributed by atoms with Crippen molar-refractivity contribution in [3.8, 4) is 0 Å². The molecule has 0 aliphatic heterocycles. The summed E-state index contributed by atoms with van der Waals surface area (Å²) in [5.41, 5.74) is 3.37. The van der Waals surface area contributed by atoms with Crippen LogP contribution in [0.4, 0.5) is 18.0 Å². The number of amides is 3. The van der Waals surface area contributed by atoms with E-state index in [9.17, 15) is 22.8 Å². The summed E-state index contributed by atoms with van der Waals surface area (Å²) >= 11 is 0. The highest BCUT2D eigenvalue weighted by atomic mass is 19.4. The molecular formula is C16H22F3N3O2. The quantitative estimate of drug-likeness (QED) is 0.740. The van der Waals surface area contributed by atoms with E-state index >= 15 is 0 Å². The number of carbonyl (C=O) groups excluding carboxylic acids is 2. The largest absolute Gasteiger partial charge is 0.405 e. The van der Waals surface area contributed by atoms with Crippen LogP contribution in [0, 0.1) is 13.8 Å². The van der Waals surface area contributed by atoms with E-state index in [1.165, 1.54) is 0 Å². The summed E-state index contributed by atoms with van der Waals surface area (Å²) in [5, 5.41) is 6.55. The Kier molecular flexibility index (Phi) is 7.06. The molecular weight excluding hydrogens is 323 g/mol. The number of nitrogens with one attached hydrogen (secondary N) is 3. The molecule has 0 aromatic heterocycles. The molecule has 0 spiro atoms. The van der Waals surface area contributed by atoms with Gasteiger partial charge in [-0.3, -0.25) is 4.79 Å². The molecule has 1 atom stereocenters. The highest BCUT2D eigenvalue weighted by Crippen LogP contribution is 2.13. The summed E-state index contributed by atoms with van der Waals surface area (Å²) in [6.07, 6.45) is -3.86. The average molecular weight is 345 g/mol. The maximum atomic E-state index is 11.9. The predicted octanol–water partition coefficient (Wildman–Crippen LogP) is 2.21. The van der Waals surface area contributed by atoms with E-state index in [0.717, 1.165) is 16.7 Å². The minimum atomic E-state index is -4.47. The van der Waals surface area contributed by atoms with E-state index in [-0.39, 0.29) is 6.04 Å². The van der Waals surface area contributed by atoms with Crippen molar-refractivity contribution in [3.05, 3.63) is 34.9 Å². The third-order valence-corrected chi connectivity index (χ3v) is 3.30. The lowest BCUT2D eigenvalue weighted by Crippen LogP contribution is -2.46. The van der Waals surface area contributed by atoms with E-state index in [4.69, 9.17) is 0 Å². The molecule has 3 N–H and O–H groups in total. The first-order chi connectivity index (χ1) is 11.1. The molecule has 0 aliphatic rings. The molecule has 3 amide bonds. The Balaban J connectivity index is 2.35. The second-order valence-corrected chi connectivity index (χ2v) is 5.75. The fraction of sp³-hybridized carbons (Fsp3) is 0.500. The first-order valence-corrected chi connectivity index (χ1v) is 7.51. The molecule has 24 heavy (non-hydrogen) atoms. The standard InChI is InChI=1S/C16H22F3N3O2/c1-10-4-5-13(11(2)6-10)7-12(3)22-15(24)20-8-14(23)21-9-16(17,18)19/h4-6,12H,7-9H2,1-3H3,(H,21,23)(H2,20,22,24)/t12-/m1/s1. The summed E-state index contributed by atoms with van der Waals surface area (Å²) in [6.45, 7) is 3.86. The summed E-state index contributed by atoms with van der Waals surface area (Å²) in [7, 11) is 0. The van der Waals surface area contributed by atoms with Gasteiger partial charge in [-0.1, -0.05) is 23.8 Å². The molecule has 0 fully saturated rings. The van der Waals surface area contributed by atoms with Gasteiger partial charge in [0.2, 0.25) is 5.91 Å². The fourth-order valence-electron chi connectivity index (χ4n) is 2.15. The maximum absolute atomic E-state index is 11.9. The Morgan fingerprint density at radius 3 is 2.42 bits per heavy atom. The maximum Gasteiger partial charge on any atom is 0.405 e. The van der Waals surface area contributed by atoms with Crippen LogP contribution in [0.15, 0.2) is 18.2 Å². The van der Waals surface area contributed by atoms with E-state index in [0.29, 0.717) is 6.42 Å². The van der Waals surface area contributed by atoms with E-state index in [2.05, 4.69) is 10.6 Å². The highest BCUT2D eigenvalue weighted by molar-refractivity contribution is 5.83. The third kappa shape index (κ3) is 7.85. The molecule has 0 heterocycles. The molecule has 1 aromatic rings. The zero-order chi connectivity index (χ0) is 18.3. The Hall–Kier alpha value is -2.25. The topological polar surface area (TPSA) is 70.2 Å². The van der Waals surface area contributed by atoms with E-state index in [1.807, 2.05) is 39.0 Å². The number of aryl methyl sites for hydroxylation is 2. The van der Waals surface area contributed by atoms with Crippen LogP contribution in [0.5, 0.6) is 0 Å². The van der Waals surface area contributed by atoms with Crippen molar-refractivity contribution >= 4 is 11.9 Å². The number of benzene rings is 1. The van der Waals surface area contributed by atoms with Crippen molar-refractivity contribution in [2.75, 3.05) is 13.1 Å². The van der Waals surface area contributed by atoms with Crippen LogP contribution >= 0.6 is 0 Å². The van der Waals surface area contributed by atoms with Crippen LogP contribution in [0.25, 0.3) is 0 Å². The van der Waals surface area contributed by atoms with Gasteiger partial charge in [0, 0.05) is 6.04 Å². The Morgan fingerprint density at radius 1 is 1.17 bits per heavy atom. The zero-order valence-corrected chi connectivity index (χ0v) is 13.9. The predicted molar refractivity (Wildman–Crippen MR) is 84.7 cm³/mol. The minimum absolute atomic E-state index is 0.190. The van der Waals surface area contributed by atoms with Gasteiger partial charge in [-0.25, -0.2) is 4.79 Å². The summed E-state index contributed by atoms with van der Waals surface area (Å²) in [5.74, 6) is -0.899. The number of hydrogen-bond acceptors (Lipinski definition) is 2. The number of alkyl halides is 3. The van der Waals surface area contributed by atoms with Gasteiger partial charge in [0.1, 0.15) is 6.54 Å². The van der Waals surface area contributed by atoms with Crippen LogP contribution in [0.2, 0.25) is 0 Å². The van der Waals surface area contributed by atoms with Crippen molar-refractivity contribution in [1.82, 2.24) is 16.0 Å².